The van der Waals surface area contributed by atoms with Crippen LogP contribution in [0.5, 0.6) is 0 Å². The number of carbonyl (C=O) groups excluding carboxylic acids is 1. The van der Waals surface area contributed by atoms with Gasteiger partial charge in [-0.2, -0.15) is 0 Å². The molecule has 18 heavy (non-hydrogen) atoms. The normalized spacial score (nSPS) is 42.2. The summed E-state index contributed by atoms with van der Waals surface area (Å²) in [5, 5.41) is 0. The summed E-state index contributed by atoms with van der Waals surface area (Å²) in [6.45, 7) is 0. The van der Waals surface area contributed by atoms with Crippen LogP contribution in [0.15, 0.2) is 12.2 Å². The lowest BCUT2D eigenvalue weighted by Gasteiger charge is -2.35. The molecule has 0 heterocycles. The third-order valence-electron chi connectivity index (χ3n) is 5.23. The predicted molar refractivity (Wildman–Crippen MR) is 71.8 cm³/mol. The first-order chi connectivity index (χ1) is 8.65. The molecule has 0 aromatic rings. The van der Waals surface area contributed by atoms with E-state index in [0.29, 0.717) is 29.8 Å². The number of nitrogens with zero attached hydrogens (tertiary/aromatic N) is 1. The standard InChI is InChI=1S/C15H24N2O/c1-17(13-6-4-12(16)5-7-13)15(18)14-9-10-2-3-11(14)8-10/h2-3,10-14H,4-9,16H2,1H3. The summed E-state index contributed by atoms with van der Waals surface area (Å²) in [5.74, 6) is 1.85. The van der Waals surface area contributed by atoms with Gasteiger partial charge in [0.1, 0.15) is 0 Å². The van der Waals surface area contributed by atoms with Gasteiger partial charge in [0, 0.05) is 25.0 Å². The number of amides is 1. The Morgan fingerprint density at radius 1 is 1.17 bits per heavy atom. The van der Waals surface area contributed by atoms with Crippen LogP contribution in [0.4, 0.5) is 0 Å². The Hall–Kier alpha value is -0.830. The van der Waals surface area contributed by atoms with Crippen LogP contribution in [0.3, 0.4) is 0 Å². The van der Waals surface area contributed by atoms with Gasteiger partial charge in [0.05, 0.1) is 0 Å². The van der Waals surface area contributed by atoms with Crippen molar-refractivity contribution in [3.8, 4) is 0 Å². The Balaban J connectivity index is 1.60. The quantitative estimate of drug-likeness (QED) is 0.759. The third-order valence-corrected chi connectivity index (χ3v) is 5.23. The minimum absolute atomic E-state index is 0.264. The second-order valence-electron chi connectivity index (χ2n) is 6.40. The minimum atomic E-state index is 0.264. The molecule has 3 rings (SSSR count). The highest BCUT2D eigenvalue weighted by Crippen LogP contribution is 2.44. The molecule has 1 amide bonds. The Kier molecular flexibility index (Phi) is 3.18. The molecule has 3 heteroatoms. The van der Waals surface area contributed by atoms with Gasteiger partial charge in [-0.15, -0.1) is 0 Å². The van der Waals surface area contributed by atoms with Crippen molar-refractivity contribution in [1.29, 1.82) is 0 Å². The lowest BCUT2D eigenvalue weighted by Crippen LogP contribution is -2.45. The molecule has 0 aromatic heterocycles. The van der Waals surface area contributed by atoms with E-state index in [4.69, 9.17) is 5.73 Å². The van der Waals surface area contributed by atoms with Gasteiger partial charge in [-0.3, -0.25) is 4.79 Å². The van der Waals surface area contributed by atoms with Gasteiger partial charge in [-0.1, -0.05) is 12.2 Å². The van der Waals surface area contributed by atoms with Crippen LogP contribution in [0.1, 0.15) is 38.5 Å². The highest BCUT2D eigenvalue weighted by molar-refractivity contribution is 5.80. The van der Waals surface area contributed by atoms with E-state index >= 15 is 0 Å². The summed E-state index contributed by atoms with van der Waals surface area (Å²) in [7, 11) is 2.00. The molecule has 3 aliphatic rings. The van der Waals surface area contributed by atoms with Crippen molar-refractivity contribution in [2.24, 2.45) is 23.5 Å². The van der Waals surface area contributed by atoms with Crippen LogP contribution in [-0.4, -0.2) is 29.9 Å². The van der Waals surface area contributed by atoms with Crippen LogP contribution < -0.4 is 5.73 Å². The molecule has 0 saturated heterocycles. The van der Waals surface area contributed by atoms with Crippen LogP contribution in [0.2, 0.25) is 0 Å². The van der Waals surface area contributed by atoms with E-state index in [1.165, 1.54) is 6.42 Å². The summed E-state index contributed by atoms with van der Waals surface area (Å²) in [4.78, 5) is 14.6. The van der Waals surface area contributed by atoms with E-state index in [-0.39, 0.29) is 5.92 Å². The molecule has 3 unspecified atom stereocenters. The Labute approximate surface area is 109 Å². The van der Waals surface area contributed by atoms with Gasteiger partial charge >= 0.3 is 0 Å². The molecule has 3 atom stereocenters. The van der Waals surface area contributed by atoms with E-state index in [1.807, 2.05) is 11.9 Å². The summed E-state index contributed by atoms with van der Waals surface area (Å²) in [6, 6.07) is 0.788. The second kappa shape index (κ2) is 4.69. The largest absolute Gasteiger partial charge is 0.343 e. The lowest BCUT2D eigenvalue weighted by molar-refractivity contribution is -0.137. The first-order valence-corrected chi connectivity index (χ1v) is 7.35. The molecule has 2 fully saturated rings. The van der Waals surface area contributed by atoms with Gasteiger partial charge in [-0.25, -0.2) is 0 Å². The molecule has 0 aromatic carbocycles. The SMILES string of the molecule is CN(C(=O)C1CC2C=CC1C2)C1CCC(N)CC1. The number of allylic oxidation sites excluding steroid dienone is 2. The van der Waals surface area contributed by atoms with Gasteiger partial charge in [0.15, 0.2) is 0 Å². The first kappa shape index (κ1) is 12.2. The fraction of sp³-hybridized carbons (Fsp3) is 0.800. The average Bonchev–Trinajstić information content (AvgIpc) is 3.00. The maximum Gasteiger partial charge on any atom is 0.226 e. The van der Waals surface area contributed by atoms with Gasteiger partial charge in [0.2, 0.25) is 5.91 Å². The van der Waals surface area contributed by atoms with E-state index in [2.05, 4.69) is 12.2 Å². The summed E-state index contributed by atoms with van der Waals surface area (Å²) in [5.41, 5.74) is 5.93. The fourth-order valence-corrected chi connectivity index (χ4v) is 4.00. The smallest absolute Gasteiger partial charge is 0.226 e. The van der Waals surface area contributed by atoms with E-state index < -0.39 is 0 Å². The number of hydrogen-bond acceptors (Lipinski definition) is 2. The molecular formula is C15H24N2O. The maximum absolute atomic E-state index is 12.6. The van der Waals surface area contributed by atoms with Crippen molar-refractivity contribution in [2.75, 3.05) is 7.05 Å². The number of nitrogens with two attached hydrogens (primary N) is 1. The zero-order valence-corrected chi connectivity index (χ0v) is 11.2. The summed E-state index contributed by atoms with van der Waals surface area (Å²) < 4.78 is 0. The highest BCUT2D eigenvalue weighted by atomic mass is 16.2. The number of rotatable bonds is 2. The van der Waals surface area contributed by atoms with Gasteiger partial charge in [-0.05, 0) is 50.4 Å². The third kappa shape index (κ3) is 2.09. The van der Waals surface area contributed by atoms with Gasteiger partial charge < -0.3 is 10.6 Å². The fourth-order valence-electron chi connectivity index (χ4n) is 4.00. The van der Waals surface area contributed by atoms with Crippen molar-refractivity contribution >= 4 is 5.91 Å². The molecule has 2 N–H and O–H groups in total. The lowest BCUT2D eigenvalue weighted by atomic mass is 9.88. The summed E-state index contributed by atoms with van der Waals surface area (Å²) in [6.07, 6.45) is 11.2. The topological polar surface area (TPSA) is 46.3 Å². The zero-order valence-electron chi connectivity index (χ0n) is 11.2. The van der Waals surface area contributed by atoms with Gasteiger partial charge in [0.25, 0.3) is 0 Å². The molecular weight excluding hydrogens is 224 g/mol. The van der Waals surface area contributed by atoms with Crippen LogP contribution >= 0.6 is 0 Å². The zero-order chi connectivity index (χ0) is 12.7. The molecule has 2 bridgehead atoms. The van der Waals surface area contributed by atoms with E-state index in [9.17, 15) is 4.79 Å². The number of hydrogen-bond donors (Lipinski definition) is 1. The number of fused-ring (bicyclic) bond motifs is 2. The van der Waals surface area contributed by atoms with Crippen LogP contribution in [0, 0.1) is 17.8 Å². The predicted octanol–water partition coefficient (Wildman–Crippen LogP) is 1.93. The average molecular weight is 248 g/mol. The second-order valence-corrected chi connectivity index (χ2v) is 6.40. The molecule has 3 nitrogen and oxygen atoms in total. The maximum atomic E-state index is 12.6. The molecule has 3 aliphatic carbocycles. The Bertz CT molecular complexity index is 358. The highest BCUT2D eigenvalue weighted by Gasteiger charge is 2.42. The molecule has 2 saturated carbocycles. The molecule has 0 aliphatic heterocycles. The molecule has 100 valence electrons. The van der Waals surface area contributed by atoms with Crippen LogP contribution in [-0.2, 0) is 4.79 Å². The van der Waals surface area contributed by atoms with Crippen molar-refractivity contribution in [3.63, 3.8) is 0 Å². The molecule has 0 spiro atoms. The number of carbonyl (C=O) groups is 1. The van der Waals surface area contributed by atoms with Crippen molar-refractivity contribution in [2.45, 2.75) is 50.6 Å². The Morgan fingerprint density at radius 3 is 2.44 bits per heavy atom. The van der Waals surface area contributed by atoms with Crippen molar-refractivity contribution in [3.05, 3.63) is 12.2 Å². The van der Waals surface area contributed by atoms with Crippen molar-refractivity contribution in [1.82, 2.24) is 4.90 Å². The monoisotopic (exact) mass is 248 g/mol. The van der Waals surface area contributed by atoms with Crippen LogP contribution in [0.25, 0.3) is 0 Å². The minimum Gasteiger partial charge on any atom is -0.343 e. The van der Waals surface area contributed by atoms with E-state index in [1.54, 1.807) is 0 Å². The van der Waals surface area contributed by atoms with E-state index in [0.717, 1.165) is 32.1 Å². The first-order valence-electron chi connectivity index (χ1n) is 7.35. The molecule has 0 radical (unpaired) electrons. The summed E-state index contributed by atoms with van der Waals surface area (Å²) >= 11 is 0. The van der Waals surface area contributed by atoms with Crippen molar-refractivity contribution < 1.29 is 4.79 Å². The Morgan fingerprint density at radius 2 is 1.89 bits per heavy atom.